The van der Waals surface area contributed by atoms with Crippen molar-refractivity contribution in [3.63, 3.8) is 0 Å². The van der Waals surface area contributed by atoms with Crippen LogP contribution in [0, 0.1) is 13.8 Å². The van der Waals surface area contributed by atoms with Crippen LogP contribution in [-0.4, -0.2) is 43.8 Å². The molecule has 1 unspecified atom stereocenters. The molecule has 1 N–H and O–H groups in total. The molecule has 5 rings (SSSR count). The monoisotopic (exact) mass is 705 g/mol. The highest BCUT2D eigenvalue weighted by molar-refractivity contribution is 7.92. The molecule has 1 aliphatic rings. The van der Waals surface area contributed by atoms with Gasteiger partial charge in [-0.25, -0.2) is 8.42 Å². The number of carbonyl (C=O) groups excluding carboxylic acids is 2. The zero-order valence-electron chi connectivity index (χ0n) is 27.2. The first-order chi connectivity index (χ1) is 23.0. The number of hydrogen-bond acceptors (Lipinski definition) is 4. The first-order valence-electron chi connectivity index (χ1n) is 16.3. The Kier molecular flexibility index (Phi) is 11.8. The van der Waals surface area contributed by atoms with Gasteiger partial charge in [-0.15, -0.1) is 0 Å². The fraction of sp³-hybridized carbons (Fsp3) is 0.316. The van der Waals surface area contributed by atoms with E-state index >= 15 is 0 Å². The maximum Gasteiger partial charge on any atom is 0.264 e. The summed E-state index contributed by atoms with van der Waals surface area (Å²) >= 11 is 13.3. The van der Waals surface area contributed by atoms with E-state index in [9.17, 15) is 18.0 Å². The average Bonchev–Trinajstić information content (AvgIpc) is 3.07. The molecule has 4 aromatic rings. The van der Waals surface area contributed by atoms with Gasteiger partial charge in [0.05, 0.1) is 10.6 Å². The lowest BCUT2D eigenvalue weighted by Crippen LogP contribution is -2.55. The molecule has 252 valence electrons. The Morgan fingerprint density at radius 1 is 0.812 bits per heavy atom. The molecule has 0 spiro atoms. The third-order valence-electron chi connectivity index (χ3n) is 8.88. The van der Waals surface area contributed by atoms with Gasteiger partial charge in [-0.2, -0.15) is 0 Å². The molecular weight excluding hydrogens is 665 g/mol. The third kappa shape index (κ3) is 8.59. The van der Waals surface area contributed by atoms with E-state index in [-0.39, 0.29) is 29.8 Å². The van der Waals surface area contributed by atoms with Crippen LogP contribution in [0.3, 0.4) is 0 Å². The van der Waals surface area contributed by atoms with E-state index in [1.165, 1.54) is 17.0 Å². The molecule has 1 fully saturated rings. The Balaban J connectivity index is 1.60. The summed E-state index contributed by atoms with van der Waals surface area (Å²) in [5.74, 6) is -0.865. The van der Waals surface area contributed by atoms with Gasteiger partial charge >= 0.3 is 0 Å². The minimum Gasteiger partial charge on any atom is -0.352 e. The Morgan fingerprint density at radius 3 is 2.08 bits per heavy atom. The van der Waals surface area contributed by atoms with Crippen molar-refractivity contribution in [1.82, 2.24) is 10.2 Å². The number of para-hydroxylation sites is 1. The molecular formula is C38H41Cl2N3O4S. The standard InChI is InChI=1S/C38H41Cl2N3O4S/c1-27-20-22-31(23-21-27)48(46,47)43(35-19-10-9-12-28(35)2)26-37(44)42(25-32-33(39)17-11-18-34(32)40)36(24-29-13-5-3-6-14-29)38(45)41-30-15-7-4-8-16-30/h3,5-6,9-14,17-23,30,36H,4,7-8,15-16,24-26H2,1-2H3,(H,41,45). The van der Waals surface area contributed by atoms with Crippen LogP contribution in [0.4, 0.5) is 5.69 Å². The third-order valence-corrected chi connectivity index (χ3v) is 11.4. The smallest absolute Gasteiger partial charge is 0.264 e. The zero-order chi connectivity index (χ0) is 34.3. The van der Waals surface area contributed by atoms with Crippen molar-refractivity contribution in [2.24, 2.45) is 0 Å². The number of nitrogens with one attached hydrogen (secondary N) is 1. The summed E-state index contributed by atoms with van der Waals surface area (Å²) in [6.07, 6.45) is 5.11. The SMILES string of the molecule is Cc1ccc(S(=O)(=O)N(CC(=O)N(Cc2c(Cl)cccc2Cl)C(Cc2ccccc2)C(=O)NC2CCCCC2)c2ccccc2C)cc1. The highest BCUT2D eigenvalue weighted by atomic mass is 35.5. The predicted octanol–water partition coefficient (Wildman–Crippen LogP) is 7.89. The normalized spacial score (nSPS) is 14.2. The lowest BCUT2D eigenvalue weighted by atomic mass is 9.94. The van der Waals surface area contributed by atoms with Crippen molar-refractivity contribution >= 4 is 50.7 Å². The van der Waals surface area contributed by atoms with Crippen molar-refractivity contribution < 1.29 is 18.0 Å². The lowest BCUT2D eigenvalue weighted by molar-refractivity contribution is -0.140. The molecule has 1 saturated carbocycles. The van der Waals surface area contributed by atoms with E-state index in [1.807, 2.05) is 43.3 Å². The molecule has 48 heavy (non-hydrogen) atoms. The van der Waals surface area contributed by atoms with Crippen LogP contribution in [0.5, 0.6) is 0 Å². The molecule has 1 aliphatic carbocycles. The number of benzene rings is 4. The number of nitrogens with zero attached hydrogens (tertiary/aromatic N) is 2. The number of carbonyl (C=O) groups is 2. The Morgan fingerprint density at radius 2 is 1.44 bits per heavy atom. The first kappa shape index (κ1) is 35.5. The number of anilines is 1. The maximum atomic E-state index is 14.8. The number of amides is 2. The van der Waals surface area contributed by atoms with E-state index in [0.717, 1.165) is 47.5 Å². The van der Waals surface area contributed by atoms with E-state index in [4.69, 9.17) is 23.2 Å². The van der Waals surface area contributed by atoms with Crippen molar-refractivity contribution in [3.05, 3.63) is 129 Å². The van der Waals surface area contributed by atoms with Gasteiger partial charge in [0.2, 0.25) is 11.8 Å². The summed E-state index contributed by atoms with van der Waals surface area (Å²) < 4.78 is 29.8. The zero-order valence-corrected chi connectivity index (χ0v) is 29.6. The molecule has 1 atom stereocenters. The number of aryl methyl sites for hydroxylation is 2. The number of sulfonamides is 1. The molecule has 0 saturated heterocycles. The molecule has 0 heterocycles. The van der Waals surface area contributed by atoms with E-state index in [0.29, 0.717) is 26.9 Å². The summed E-state index contributed by atoms with van der Waals surface area (Å²) in [6.45, 7) is 3.03. The van der Waals surface area contributed by atoms with Crippen LogP contribution in [0.25, 0.3) is 0 Å². The van der Waals surface area contributed by atoms with Crippen LogP contribution < -0.4 is 9.62 Å². The number of hydrogen-bond donors (Lipinski definition) is 1. The molecule has 4 aromatic carbocycles. The highest BCUT2D eigenvalue weighted by Gasteiger charge is 2.36. The fourth-order valence-corrected chi connectivity index (χ4v) is 8.14. The Labute approximate surface area is 293 Å². The second-order valence-electron chi connectivity index (χ2n) is 12.4. The Hall–Kier alpha value is -3.85. The number of halogens is 2. The summed E-state index contributed by atoms with van der Waals surface area (Å²) in [5.41, 5.74) is 3.28. The van der Waals surface area contributed by atoms with Gasteiger partial charge in [0.1, 0.15) is 12.6 Å². The molecule has 2 amide bonds. The van der Waals surface area contributed by atoms with E-state index in [2.05, 4.69) is 5.32 Å². The van der Waals surface area contributed by atoms with Crippen LogP contribution in [0.15, 0.2) is 102 Å². The lowest BCUT2D eigenvalue weighted by Gasteiger charge is -2.35. The second-order valence-corrected chi connectivity index (χ2v) is 15.1. The van der Waals surface area contributed by atoms with Crippen LogP contribution in [0.1, 0.15) is 54.4 Å². The van der Waals surface area contributed by atoms with E-state index in [1.54, 1.807) is 55.5 Å². The first-order valence-corrected chi connectivity index (χ1v) is 18.5. The van der Waals surface area contributed by atoms with Gasteiger partial charge in [-0.05, 0) is 68.1 Å². The summed E-state index contributed by atoms with van der Waals surface area (Å²) in [5, 5.41) is 3.90. The topological polar surface area (TPSA) is 86.8 Å². The van der Waals surface area contributed by atoms with Crippen LogP contribution >= 0.6 is 23.2 Å². The molecule has 0 aromatic heterocycles. The quantitative estimate of drug-likeness (QED) is 0.162. The minimum absolute atomic E-state index is 0.00393. The second kappa shape index (κ2) is 16.0. The average molecular weight is 707 g/mol. The van der Waals surface area contributed by atoms with E-state index < -0.39 is 28.5 Å². The summed E-state index contributed by atoms with van der Waals surface area (Å²) in [7, 11) is -4.21. The van der Waals surface area contributed by atoms with Crippen LogP contribution in [0.2, 0.25) is 10.0 Å². The molecule has 0 bridgehead atoms. The van der Waals surface area contributed by atoms with Crippen molar-refractivity contribution in [2.45, 2.75) is 75.9 Å². The van der Waals surface area contributed by atoms with Crippen LogP contribution in [-0.2, 0) is 32.6 Å². The van der Waals surface area contributed by atoms with Crippen molar-refractivity contribution in [1.29, 1.82) is 0 Å². The maximum absolute atomic E-state index is 14.8. The summed E-state index contributed by atoms with van der Waals surface area (Å²) in [4.78, 5) is 30.6. The minimum atomic E-state index is -4.21. The van der Waals surface area contributed by atoms with Gasteiger partial charge in [-0.3, -0.25) is 13.9 Å². The highest BCUT2D eigenvalue weighted by Crippen LogP contribution is 2.30. The summed E-state index contributed by atoms with van der Waals surface area (Å²) in [6, 6.07) is 27.1. The van der Waals surface area contributed by atoms with Gasteiger partial charge in [0, 0.05) is 34.6 Å². The predicted molar refractivity (Wildman–Crippen MR) is 193 cm³/mol. The van der Waals surface area contributed by atoms with Crippen molar-refractivity contribution in [3.8, 4) is 0 Å². The molecule has 7 nitrogen and oxygen atoms in total. The largest absolute Gasteiger partial charge is 0.352 e. The van der Waals surface area contributed by atoms with Gasteiger partial charge in [-0.1, -0.05) is 115 Å². The van der Waals surface area contributed by atoms with Gasteiger partial charge < -0.3 is 10.2 Å². The molecule has 0 radical (unpaired) electrons. The van der Waals surface area contributed by atoms with Gasteiger partial charge in [0.15, 0.2) is 0 Å². The van der Waals surface area contributed by atoms with Crippen molar-refractivity contribution in [2.75, 3.05) is 10.8 Å². The number of rotatable bonds is 12. The Bertz CT molecular complexity index is 1810. The molecule has 10 heteroatoms. The fourth-order valence-electron chi connectivity index (χ4n) is 6.15. The molecule has 0 aliphatic heterocycles. The van der Waals surface area contributed by atoms with Gasteiger partial charge in [0.25, 0.3) is 10.0 Å².